The third-order valence-corrected chi connectivity index (χ3v) is 8.37. The molecule has 0 bridgehead atoms. The SMILES string of the molecule is CC(C)CCCC(C)CCCc1cc[n+](CC(P(=O)([O-])O)P(=O)(O)O)cc1. The second-order valence-corrected chi connectivity index (χ2v) is 11.8. The van der Waals surface area contributed by atoms with E-state index in [-0.39, 0.29) is 0 Å². The van der Waals surface area contributed by atoms with Gasteiger partial charge in [0.15, 0.2) is 31.9 Å². The minimum atomic E-state index is -5.15. The van der Waals surface area contributed by atoms with Crippen LogP contribution in [0.3, 0.4) is 0 Å². The maximum atomic E-state index is 11.3. The molecule has 1 aromatic rings. The Labute approximate surface area is 162 Å². The summed E-state index contributed by atoms with van der Waals surface area (Å²) < 4.78 is 23.9. The second kappa shape index (κ2) is 10.8. The lowest BCUT2D eigenvalue weighted by molar-refractivity contribution is -0.695. The van der Waals surface area contributed by atoms with Gasteiger partial charge in [-0.1, -0.05) is 46.5 Å². The van der Waals surface area contributed by atoms with Crippen LogP contribution < -0.4 is 9.46 Å². The molecule has 0 radical (unpaired) electrons. The number of hydrogen-bond donors (Lipinski definition) is 3. The van der Waals surface area contributed by atoms with Crippen molar-refractivity contribution >= 4 is 15.2 Å². The second-order valence-electron chi connectivity index (χ2n) is 7.86. The highest BCUT2D eigenvalue weighted by Gasteiger charge is 2.40. The molecule has 0 saturated heterocycles. The minimum Gasteiger partial charge on any atom is -0.778 e. The summed E-state index contributed by atoms with van der Waals surface area (Å²) in [5.41, 5.74) is 1.09. The van der Waals surface area contributed by atoms with Crippen LogP contribution in [0, 0.1) is 11.8 Å². The van der Waals surface area contributed by atoms with Crippen LogP contribution in [0.5, 0.6) is 0 Å². The first-order valence-electron chi connectivity index (χ1n) is 9.46. The average Bonchev–Trinajstić information content (AvgIpc) is 2.51. The molecule has 3 unspecified atom stereocenters. The van der Waals surface area contributed by atoms with E-state index in [4.69, 9.17) is 14.7 Å². The van der Waals surface area contributed by atoms with E-state index in [9.17, 15) is 14.0 Å². The molecule has 9 heteroatoms. The van der Waals surface area contributed by atoms with Crippen LogP contribution in [-0.2, 0) is 22.1 Å². The Morgan fingerprint density at radius 1 is 1.00 bits per heavy atom. The Morgan fingerprint density at radius 3 is 2.04 bits per heavy atom. The molecule has 27 heavy (non-hydrogen) atoms. The van der Waals surface area contributed by atoms with Gasteiger partial charge in [-0.2, -0.15) is 0 Å². The summed E-state index contributed by atoms with van der Waals surface area (Å²) in [6.45, 7) is 6.27. The summed E-state index contributed by atoms with van der Waals surface area (Å²) in [6, 6.07) is 3.63. The van der Waals surface area contributed by atoms with Crippen molar-refractivity contribution in [2.24, 2.45) is 11.8 Å². The van der Waals surface area contributed by atoms with Gasteiger partial charge in [0, 0.05) is 12.1 Å². The average molecular weight is 421 g/mol. The summed E-state index contributed by atoms with van der Waals surface area (Å²) in [4.78, 5) is 38.6. The zero-order valence-corrected chi connectivity index (χ0v) is 18.2. The summed E-state index contributed by atoms with van der Waals surface area (Å²) >= 11 is 0. The molecule has 1 aromatic heterocycles. The Kier molecular flexibility index (Phi) is 9.84. The maximum absolute atomic E-state index is 11.3. The molecule has 3 N–H and O–H groups in total. The fraction of sp³-hybridized carbons (Fsp3) is 0.722. The van der Waals surface area contributed by atoms with E-state index in [2.05, 4.69) is 20.8 Å². The van der Waals surface area contributed by atoms with E-state index in [1.807, 2.05) is 12.1 Å². The zero-order chi connectivity index (χ0) is 20.7. The molecular weight excluding hydrogens is 388 g/mol. The van der Waals surface area contributed by atoms with E-state index in [1.165, 1.54) is 23.8 Å². The first kappa shape index (κ1) is 24.5. The third kappa shape index (κ3) is 9.98. The Balaban J connectivity index is 2.50. The van der Waals surface area contributed by atoms with Gasteiger partial charge >= 0.3 is 7.60 Å². The highest BCUT2D eigenvalue weighted by Crippen LogP contribution is 2.57. The first-order chi connectivity index (χ1) is 12.4. The summed E-state index contributed by atoms with van der Waals surface area (Å²) in [5, 5.41) is -2.13. The van der Waals surface area contributed by atoms with Gasteiger partial charge in [-0.3, -0.25) is 4.57 Å². The van der Waals surface area contributed by atoms with Crippen molar-refractivity contribution in [2.75, 3.05) is 0 Å². The predicted octanol–water partition coefficient (Wildman–Crippen LogP) is 2.81. The van der Waals surface area contributed by atoms with E-state index in [0.717, 1.165) is 30.7 Å². The molecule has 0 aromatic carbocycles. The fourth-order valence-corrected chi connectivity index (χ4v) is 5.36. The molecule has 3 atom stereocenters. The van der Waals surface area contributed by atoms with Gasteiger partial charge in [-0.15, -0.1) is 0 Å². The number of pyridine rings is 1. The molecule has 0 saturated carbocycles. The van der Waals surface area contributed by atoms with Crippen LogP contribution >= 0.6 is 15.2 Å². The molecule has 1 heterocycles. The van der Waals surface area contributed by atoms with Crippen molar-refractivity contribution in [2.45, 2.75) is 71.2 Å². The molecule has 0 fully saturated rings. The van der Waals surface area contributed by atoms with Gasteiger partial charge in [0.1, 0.15) is 0 Å². The largest absolute Gasteiger partial charge is 0.778 e. The number of rotatable bonds is 12. The molecule has 156 valence electrons. The monoisotopic (exact) mass is 421 g/mol. The summed E-state index contributed by atoms with van der Waals surface area (Å²) in [6.07, 6.45) is 10.0. The van der Waals surface area contributed by atoms with Crippen molar-refractivity contribution in [1.29, 1.82) is 0 Å². The van der Waals surface area contributed by atoms with Gasteiger partial charge in [0.25, 0.3) is 0 Å². The Morgan fingerprint density at radius 2 is 1.56 bits per heavy atom. The van der Waals surface area contributed by atoms with Gasteiger partial charge < -0.3 is 24.1 Å². The van der Waals surface area contributed by atoms with E-state index in [0.29, 0.717) is 5.92 Å². The summed E-state index contributed by atoms with van der Waals surface area (Å²) in [7, 11) is -10.1. The van der Waals surface area contributed by atoms with E-state index >= 15 is 0 Å². The first-order valence-corrected chi connectivity index (χ1v) is 12.8. The quantitative estimate of drug-likeness (QED) is 0.352. The highest BCUT2D eigenvalue weighted by molar-refractivity contribution is 7.70. The molecule has 0 aliphatic heterocycles. The third-order valence-electron chi connectivity index (χ3n) is 4.74. The number of hydrogen-bond acceptors (Lipinski definition) is 3. The normalized spacial score (nSPS) is 16.9. The highest BCUT2D eigenvalue weighted by atomic mass is 31.2. The van der Waals surface area contributed by atoms with Crippen molar-refractivity contribution < 1.29 is 33.3 Å². The van der Waals surface area contributed by atoms with Crippen molar-refractivity contribution in [3.63, 3.8) is 0 Å². The van der Waals surface area contributed by atoms with Gasteiger partial charge in [-0.05, 0) is 30.2 Å². The summed E-state index contributed by atoms with van der Waals surface area (Å²) in [5.74, 6) is 1.44. The van der Waals surface area contributed by atoms with Crippen LogP contribution in [0.4, 0.5) is 0 Å². The minimum absolute atomic E-state index is 0.491. The molecule has 0 amide bonds. The molecule has 0 aliphatic rings. The van der Waals surface area contributed by atoms with Crippen LogP contribution in [0.15, 0.2) is 24.5 Å². The molecular formula is C18H33NO6P2. The maximum Gasteiger partial charge on any atom is 0.343 e. The number of aromatic nitrogens is 1. The van der Waals surface area contributed by atoms with Crippen LogP contribution in [-0.4, -0.2) is 20.1 Å². The lowest BCUT2D eigenvalue weighted by atomic mass is 9.94. The molecule has 0 aliphatic carbocycles. The smallest absolute Gasteiger partial charge is 0.343 e. The standard InChI is InChI=1S/C18H33NO6P2/c1-15(2)6-4-7-16(3)8-5-9-17-10-12-19(13-11-17)14-18(26(20,21)22)27(23,24)25/h10-13,15-16,18H,4-9,14H2,1-3H3,(H3-,20,21,22,23,24,25). The van der Waals surface area contributed by atoms with Crippen molar-refractivity contribution in [3.8, 4) is 0 Å². The fourth-order valence-electron chi connectivity index (χ4n) is 3.04. The van der Waals surface area contributed by atoms with Crippen LogP contribution in [0.2, 0.25) is 0 Å². The Bertz CT molecular complexity index is 630. The number of aryl methyl sites for hydroxylation is 1. The van der Waals surface area contributed by atoms with Crippen molar-refractivity contribution in [3.05, 3.63) is 30.1 Å². The van der Waals surface area contributed by atoms with Crippen molar-refractivity contribution in [1.82, 2.24) is 0 Å². The van der Waals surface area contributed by atoms with Gasteiger partial charge in [0.2, 0.25) is 0 Å². The zero-order valence-electron chi connectivity index (χ0n) is 16.4. The van der Waals surface area contributed by atoms with Gasteiger partial charge in [0.05, 0.1) is 0 Å². The van der Waals surface area contributed by atoms with Crippen LogP contribution in [0.25, 0.3) is 0 Å². The topological polar surface area (TPSA) is 122 Å². The lowest BCUT2D eigenvalue weighted by Crippen LogP contribution is -2.40. The predicted molar refractivity (Wildman–Crippen MR) is 103 cm³/mol. The number of nitrogens with zero attached hydrogens (tertiary/aromatic N) is 1. The van der Waals surface area contributed by atoms with Crippen LogP contribution in [0.1, 0.15) is 58.4 Å². The lowest BCUT2D eigenvalue weighted by Gasteiger charge is -2.25. The molecule has 7 nitrogen and oxygen atoms in total. The molecule has 1 rings (SSSR count). The van der Waals surface area contributed by atoms with E-state index in [1.54, 1.807) is 12.4 Å². The Hall–Kier alpha value is -0.550. The molecule has 0 spiro atoms. The van der Waals surface area contributed by atoms with Gasteiger partial charge in [-0.25, -0.2) is 4.57 Å². The van der Waals surface area contributed by atoms with E-state index < -0.39 is 27.1 Å².